The minimum atomic E-state index is -0.452. The first kappa shape index (κ1) is 14.7. The van der Waals surface area contributed by atoms with E-state index in [2.05, 4.69) is 0 Å². The number of carbonyl (C=O) groups excluding carboxylic acids is 1. The summed E-state index contributed by atoms with van der Waals surface area (Å²) in [6.07, 6.45) is 0. The highest BCUT2D eigenvalue weighted by atomic mass is 16.6. The minimum absolute atomic E-state index is 0.0230. The second-order valence-electron chi connectivity index (χ2n) is 4.80. The zero-order valence-corrected chi connectivity index (χ0v) is 11.9. The van der Waals surface area contributed by atoms with Crippen LogP contribution in [0.15, 0.2) is 54.6 Å². The van der Waals surface area contributed by atoms with Crippen molar-refractivity contribution in [2.24, 2.45) is 0 Å². The summed E-state index contributed by atoms with van der Waals surface area (Å²) in [4.78, 5) is 24.2. The lowest BCUT2D eigenvalue weighted by Crippen LogP contribution is -2.30. The average molecular weight is 284 g/mol. The number of para-hydroxylation sites is 1. The number of likely N-dealkylation sites (N-methyl/N-ethyl adjacent to an activating group) is 1. The van der Waals surface area contributed by atoms with Gasteiger partial charge in [0.05, 0.1) is 10.8 Å². The molecule has 0 saturated heterocycles. The van der Waals surface area contributed by atoms with Gasteiger partial charge in [-0.2, -0.15) is 0 Å². The number of carbonyl (C=O) groups is 1. The molecule has 1 atom stereocenters. The molecule has 0 saturated carbocycles. The monoisotopic (exact) mass is 284 g/mol. The Hall–Kier alpha value is -2.69. The summed E-state index contributed by atoms with van der Waals surface area (Å²) in [5.74, 6) is -0.425. The molecule has 108 valence electrons. The normalized spacial score (nSPS) is 11.7. The number of non-ortho nitro benzene ring substituents is 1. The lowest BCUT2D eigenvalue weighted by molar-refractivity contribution is -0.384. The summed E-state index contributed by atoms with van der Waals surface area (Å²) < 4.78 is 0. The Morgan fingerprint density at radius 1 is 1.10 bits per heavy atom. The van der Waals surface area contributed by atoms with E-state index in [1.54, 1.807) is 31.0 Å². The second kappa shape index (κ2) is 6.17. The maximum Gasteiger partial charge on any atom is 0.269 e. The van der Waals surface area contributed by atoms with E-state index in [-0.39, 0.29) is 17.5 Å². The van der Waals surface area contributed by atoms with E-state index < -0.39 is 4.92 Å². The maximum absolute atomic E-state index is 12.5. The fraction of sp³-hybridized carbons (Fsp3) is 0.188. The molecular weight excluding hydrogens is 268 g/mol. The number of hydrogen-bond acceptors (Lipinski definition) is 3. The number of benzene rings is 2. The Labute approximate surface area is 123 Å². The molecular formula is C16H16N2O3. The number of anilines is 1. The number of nitro benzene ring substituents is 1. The first-order chi connectivity index (χ1) is 10.0. The van der Waals surface area contributed by atoms with Crippen molar-refractivity contribution >= 4 is 17.3 Å². The molecule has 0 fully saturated rings. The van der Waals surface area contributed by atoms with Gasteiger partial charge in [0.2, 0.25) is 5.91 Å². The van der Waals surface area contributed by atoms with Crippen LogP contribution in [-0.4, -0.2) is 17.9 Å². The van der Waals surface area contributed by atoms with Crippen LogP contribution in [0.25, 0.3) is 0 Å². The second-order valence-corrected chi connectivity index (χ2v) is 4.80. The highest BCUT2D eigenvalue weighted by molar-refractivity contribution is 5.97. The van der Waals surface area contributed by atoms with Gasteiger partial charge in [-0.1, -0.05) is 30.3 Å². The minimum Gasteiger partial charge on any atom is -0.315 e. The van der Waals surface area contributed by atoms with Crippen molar-refractivity contribution in [2.45, 2.75) is 12.8 Å². The van der Waals surface area contributed by atoms with E-state index in [9.17, 15) is 14.9 Å². The molecule has 0 N–H and O–H groups in total. The molecule has 2 rings (SSSR count). The van der Waals surface area contributed by atoms with Crippen LogP contribution in [0.1, 0.15) is 18.4 Å². The number of nitrogens with zero attached hydrogens (tertiary/aromatic N) is 2. The fourth-order valence-corrected chi connectivity index (χ4v) is 2.10. The van der Waals surface area contributed by atoms with E-state index in [0.29, 0.717) is 0 Å². The molecule has 0 radical (unpaired) electrons. The molecule has 0 aromatic heterocycles. The van der Waals surface area contributed by atoms with Crippen LogP contribution in [-0.2, 0) is 4.79 Å². The van der Waals surface area contributed by atoms with Gasteiger partial charge in [0.15, 0.2) is 0 Å². The van der Waals surface area contributed by atoms with Crippen LogP contribution in [0.3, 0.4) is 0 Å². The predicted molar refractivity (Wildman–Crippen MR) is 81.4 cm³/mol. The van der Waals surface area contributed by atoms with E-state index in [4.69, 9.17) is 0 Å². The van der Waals surface area contributed by atoms with Crippen molar-refractivity contribution in [1.82, 2.24) is 0 Å². The van der Waals surface area contributed by atoms with Gasteiger partial charge in [-0.25, -0.2) is 0 Å². The zero-order chi connectivity index (χ0) is 15.4. The Balaban J connectivity index is 2.17. The number of amides is 1. The Morgan fingerprint density at radius 2 is 1.67 bits per heavy atom. The summed E-state index contributed by atoms with van der Waals surface area (Å²) in [5, 5.41) is 10.6. The van der Waals surface area contributed by atoms with E-state index in [1.807, 2.05) is 30.3 Å². The highest BCUT2D eigenvalue weighted by Crippen LogP contribution is 2.23. The van der Waals surface area contributed by atoms with E-state index in [0.717, 1.165) is 11.3 Å². The molecule has 0 aliphatic carbocycles. The van der Waals surface area contributed by atoms with E-state index in [1.165, 1.54) is 12.1 Å². The largest absolute Gasteiger partial charge is 0.315 e. The maximum atomic E-state index is 12.5. The fourth-order valence-electron chi connectivity index (χ4n) is 2.10. The van der Waals surface area contributed by atoms with Gasteiger partial charge in [0.25, 0.3) is 5.69 Å². The van der Waals surface area contributed by atoms with Crippen LogP contribution >= 0.6 is 0 Å². The third-order valence-corrected chi connectivity index (χ3v) is 3.45. The lowest BCUT2D eigenvalue weighted by Gasteiger charge is -2.21. The van der Waals surface area contributed by atoms with Crippen LogP contribution in [0.4, 0.5) is 11.4 Å². The first-order valence-corrected chi connectivity index (χ1v) is 6.57. The zero-order valence-electron chi connectivity index (χ0n) is 11.9. The molecule has 5 heteroatoms. The molecule has 5 nitrogen and oxygen atoms in total. The van der Waals surface area contributed by atoms with Crippen molar-refractivity contribution in [3.8, 4) is 0 Å². The van der Waals surface area contributed by atoms with Gasteiger partial charge in [-0.05, 0) is 24.6 Å². The summed E-state index contributed by atoms with van der Waals surface area (Å²) in [7, 11) is 1.72. The van der Waals surface area contributed by atoms with Gasteiger partial charge in [-0.3, -0.25) is 14.9 Å². The lowest BCUT2D eigenvalue weighted by atomic mass is 9.99. The Kier molecular flexibility index (Phi) is 4.33. The molecule has 0 spiro atoms. The van der Waals surface area contributed by atoms with E-state index >= 15 is 0 Å². The summed E-state index contributed by atoms with van der Waals surface area (Å²) in [6.45, 7) is 1.79. The molecule has 1 amide bonds. The van der Waals surface area contributed by atoms with Gasteiger partial charge in [-0.15, -0.1) is 0 Å². The van der Waals surface area contributed by atoms with Gasteiger partial charge >= 0.3 is 0 Å². The summed E-state index contributed by atoms with van der Waals surface area (Å²) >= 11 is 0. The summed E-state index contributed by atoms with van der Waals surface area (Å²) in [5.41, 5.74) is 1.60. The Morgan fingerprint density at radius 3 is 2.19 bits per heavy atom. The molecule has 0 unspecified atom stereocenters. The molecule has 0 aliphatic heterocycles. The van der Waals surface area contributed by atoms with Gasteiger partial charge in [0.1, 0.15) is 0 Å². The van der Waals surface area contributed by atoms with Crippen molar-refractivity contribution in [3.05, 3.63) is 70.3 Å². The van der Waals surface area contributed by atoms with Crippen molar-refractivity contribution < 1.29 is 9.72 Å². The first-order valence-electron chi connectivity index (χ1n) is 6.57. The molecule has 21 heavy (non-hydrogen) atoms. The standard InChI is InChI=1S/C16H16N2O3/c1-12(13-8-10-15(11-9-13)18(20)21)16(19)17(2)14-6-4-3-5-7-14/h3-12H,1-2H3/t12-/m0/s1. The highest BCUT2D eigenvalue weighted by Gasteiger charge is 2.20. The molecule has 2 aromatic carbocycles. The Bertz CT molecular complexity index is 638. The number of rotatable bonds is 4. The molecule has 2 aromatic rings. The SMILES string of the molecule is C[C@H](C(=O)N(C)c1ccccc1)c1ccc([N+](=O)[O-])cc1. The smallest absolute Gasteiger partial charge is 0.269 e. The van der Waals surface area contributed by atoms with Crippen molar-refractivity contribution in [2.75, 3.05) is 11.9 Å². The topological polar surface area (TPSA) is 63.5 Å². The van der Waals surface area contributed by atoms with Crippen LogP contribution in [0.2, 0.25) is 0 Å². The molecule has 0 heterocycles. The third kappa shape index (κ3) is 3.25. The molecule has 0 bridgehead atoms. The molecule has 0 aliphatic rings. The number of hydrogen-bond donors (Lipinski definition) is 0. The quantitative estimate of drug-likeness (QED) is 0.638. The predicted octanol–water partition coefficient (Wildman–Crippen LogP) is 3.36. The average Bonchev–Trinajstić information content (AvgIpc) is 2.53. The van der Waals surface area contributed by atoms with Crippen LogP contribution in [0, 0.1) is 10.1 Å². The van der Waals surface area contributed by atoms with Crippen LogP contribution < -0.4 is 4.90 Å². The van der Waals surface area contributed by atoms with Gasteiger partial charge in [0, 0.05) is 24.9 Å². The van der Waals surface area contributed by atoms with Gasteiger partial charge < -0.3 is 4.90 Å². The van der Waals surface area contributed by atoms with Crippen molar-refractivity contribution in [3.63, 3.8) is 0 Å². The number of nitro groups is 1. The van der Waals surface area contributed by atoms with Crippen LogP contribution in [0.5, 0.6) is 0 Å². The third-order valence-electron chi connectivity index (χ3n) is 3.45. The van der Waals surface area contributed by atoms with Crippen molar-refractivity contribution in [1.29, 1.82) is 0 Å². The summed E-state index contributed by atoms with van der Waals surface area (Å²) in [6, 6.07) is 15.4.